The number of benzene rings is 1. The number of nitrogens with zero attached hydrogens (tertiary/aromatic N) is 2. The van der Waals surface area contributed by atoms with Crippen LogP contribution in [0.3, 0.4) is 0 Å². The first-order valence-electron chi connectivity index (χ1n) is 9.44. The Bertz CT molecular complexity index is 730. The second kappa shape index (κ2) is 8.97. The van der Waals surface area contributed by atoms with Gasteiger partial charge in [-0.15, -0.1) is 0 Å². The number of carbonyl (C=O) groups excluding carboxylic acids is 1. The molecule has 0 aromatic heterocycles. The zero-order valence-corrected chi connectivity index (χ0v) is 17.1. The minimum Gasteiger partial charge on any atom is -0.325 e. The molecule has 0 unspecified atom stereocenters. The molecule has 1 saturated heterocycles. The van der Waals surface area contributed by atoms with Gasteiger partial charge in [-0.1, -0.05) is 26.3 Å². The quantitative estimate of drug-likeness (QED) is 0.788. The number of nitrogens with one attached hydrogen (secondary N) is 1. The van der Waals surface area contributed by atoms with Crippen molar-refractivity contribution in [2.45, 2.75) is 57.9 Å². The second-order valence-electron chi connectivity index (χ2n) is 6.93. The minimum atomic E-state index is -3.55. The molecule has 0 radical (unpaired) electrons. The molecule has 6 nitrogen and oxygen atoms in total. The standard InChI is InChI=1S/C19H31N3O3S/c1-5-22(6-2)26(24,25)18-13-17(11-10-15(18)3)20-19(23)14-21-12-8-7-9-16(21)4/h10-11,13,16H,5-9,12,14H2,1-4H3,(H,20,23)/t16-/m0/s1. The number of amides is 1. The van der Waals surface area contributed by atoms with Gasteiger partial charge in [-0.25, -0.2) is 8.42 Å². The summed E-state index contributed by atoms with van der Waals surface area (Å²) in [5, 5.41) is 2.86. The number of rotatable bonds is 7. The van der Waals surface area contributed by atoms with Crippen molar-refractivity contribution in [2.75, 3.05) is 31.5 Å². The van der Waals surface area contributed by atoms with E-state index in [0.717, 1.165) is 19.4 Å². The topological polar surface area (TPSA) is 69.7 Å². The molecule has 1 atom stereocenters. The molecule has 1 aromatic carbocycles. The van der Waals surface area contributed by atoms with Gasteiger partial charge in [-0.3, -0.25) is 9.69 Å². The predicted molar refractivity (Wildman–Crippen MR) is 105 cm³/mol. The SMILES string of the molecule is CCN(CC)S(=O)(=O)c1cc(NC(=O)CN2CCCC[C@@H]2C)ccc1C. The third-order valence-electron chi connectivity index (χ3n) is 5.08. The van der Waals surface area contributed by atoms with Crippen molar-refractivity contribution in [1.82, 2.24) is 9.21 Å². The summed E-state index contributed by atoms with van der Waals surface area (Å²) < 4.78 is 27.1. The fourth-order valence-electron chi connectivity index (χ4n) is 3.44. The highest BCUT2D eigenvalue weighted by Gasteiger charge is 2.25. The number of hydrogen-bond donors (Lipinski definition) is 1. The normalized spacial score (nSPS) is 18.9. The number of aryl methyl sites for hydroxylation is 1. The van der Waals surface area contributed by atoms with Crippen LogP contribution in [0.15, 0.2) is 23.1 Å². The summed E-state index contributed by atoms with van der Waals surface area (Å²) in [6.45, 7) is 9.68. The average molecular weight is 382 g/mol. The Labute approximate surface area is 157 Å². The van der Waals surface area contributed by atoms with Gasteiger partial charge in [-0.05, 0) is 50.9 Å². The molecule has 1 fully saturated rings. The lowest BCUT2D eigenvalue weighted by atomic mass is 10.0. The molecule has 1 N–H and O–H groups in total. The van der Waals surface area contributed by atoms with Crippen LogP contribution in [0.5, 0.6) is 0 Å². The van der Waals surface area contributed by atoms with Gasteiger partial charge in [-0.2, -0.15) is 4.31 Å². The van der Waals surface area contributed by atoms with Gasteiger partial charge < -0.3 is 5.32 Å². The molecule has 26 heavy (non-hydrogen) atoms. The van der Waals surface area contributed by atoms with Crippen LogP contribution < -0.4 is 5.32 Å². The van der Waals surface area contributed by atoms with Crippen LogP contribution in [0.2, 0.25) is 0 Å². The first-order chi connectivity index (χ1) is 12.3. The van der Waals surface area contributed by atoms with Crippen molar-refractivity contribution < 1.29 is 13.2 Å². The van der Waals surface area contributed by atoms with Crippen LogP contribution in [0.4, 0.5) is 5.69 Å². The molecular formula is C19H31N3O3S. The molecular weight excluding hydrogens is 350 g/mol. The van der Waals surface area contributed by atoms with E-state index >= 15 is 0 Å². The molecule has 7 heteroatoms. The van der Waals surface area contributed by atoms with E-state index in [1.807, 2.05) is 13.8 Å². The first-order valence-corrected chi connectivity index (χ1v) is 10.9. The fourth-order valence-corrected chi connectivity index (χ4v) is 5.14. The van der Waals surface area contributed by atoms with E-state index in [9.17, 15) is 13.2 Å². The maximum atomic E-state index is 12.8. The van der Waals surface area contributed by atoms with E-state index in [-0.39, 0.29) is 10.8 Å². The maximum absolute atomic E-state index is 12.8. The summed E-state index contributed by atoms with van der Waals surface area (Å²) in [6.07, 6.45) is 3.45. The van der Waals surface area contributed by atoms with Crippen LogP contribution in [0, 0.1) is 6.92 Å². The van der Waals surface area contributed by atoms with Crippen LogP contribution in [-0.4, -0.2) is 55.8 Å². The molecule has 146 valence electrons. The van der Waals surface area contributed by atoms with Crippen LogP contribution in [0.25, 0.3) is 0 Å². The Balaban J connectivity index is 2.15. The van der Waals surface area contributed by atoms with Crippen molar-refractivity contribution in [2.24, 2.45) is 0 Å². The van der Waals surface area contributed by atoms with Crippen molar-refractivity contribution in [1.29, 1.82) is 0 Å². The molecule has 2 rings (SSSR count). The van der Waals surface area contributed by atoms with E-state index in [1.54, 1.807) is 25.1 Å². The lowest BCUT2D eigenvalue weighted by Gasteiger charge is -2.32. The van der Waals surface area contributed by atoms with Gasteiger partial charge in [0.15, 0.2) is 0 Å². The predicted octanol–water partition coefficient (Wildman–Crippen LogP) is 2.84. The van der Waals surface area contributed by atoms with Crippen molar-refractivity contribution in [3.63, 3.8) is 0 Å². The van der Waals surface area contributed by atoms with Crippen LogP contribution in [0.1, 0.15) is 45.6 Å². The Hall–Kier alpha value is -1.44. The van der Waals surface area contributed by atoms with E-state index in [0.29, 0.717) is 36.9 Å². The third kappa shape index (κ3) is 4.84. The Morgan fingerprint density at radius 1 is 1.27 bits per heavy atom. The summed E-state index contributed by atoms with van der Waals surface area (Å²) in [5.74, 6) is -0.103. The average Bonchev–Trinajstić information content (AvgIpc) is 2.59. The lowest BCUT2D eigenvalue weighted by Crippen LogP contribution is -2.42. The molecule has 0 bridgehead atoms. The highest BCUT2D eigenvalue weighted by molar-refractivity contribution is 7.89. The summed E-state index contributed by atoms with van der Waals surface area (Å²) in [6, 6.07) is 5.48. The Morgan fingerprint density at radius 3 is 2.58 bits per heavy atom. The Kier molecular flexibility index (Phi) is 7.20. The van der Waals surface area contributed by atoms with Crippen LogP contribution >= 0.6 is 0 Å². The molecule has 1 aliphatic rings. The molecule has 1 heterocycles. The minimum absolute atomic E-state index is 0.103. The van der Waals surface area contributed by atoms with Gasteiger partial charge in [0.2, 0.25) is 15.9 Å². The zero-order chi connectivity index (χ0) is 19.3. The summed E-state index contributed by atoms with van der Waals surface area (Å²) >= 11 is 0. The summed E-state index contributed by atoms with van der Waals surface area (Å²) in [7, 11) is -3.55. The number of likely N-dealkylation sites (tertiary alicyclic amines) is 1. The lowest BCUT2D eigenvalue weighted by molar-refractivity contribution is -0.118. The van der Waals surface area contributed by atoms with Gasteiger partial charge in [0, 0.05) is 24.8 Å². The van der Waals surface area contributed by atoms with Crippen LogP contribution in [-0.2, 0) is 14.8 Å². The molecule has 0 saturated carbocycles. The molecule has 1 aromatic rings. The third-order valence-corrected chi connectivity index (χ3v) is 7.27. The van der Waals surface area contributed by atoms with Crippen molar-refractivity contribution >= 4 is 21.6 Å². The maximum Gasteiger partial charge on any atom is 0.243 e. The van der Waals surface area contributed by atoms with E-state index < -0.39 is 10.0 Å². The Morgan fingerprint density at radius 2 is 1.96 bits per heavy atom. The highest BCUT2D eigenvalue weighted by atomic mass is 32.2. The number of anilines is 1. The van der Waals surface area contributed by atoms with Crippen molar-refractivity contribution in [3.8, 4) is 0 Å². The molecule has 1 aliphatic heterocycles. The van der Waals surface area contributed by atoms with Gasteiger partial charge >= 0.3 is 0 Å². The summed E-state index contributed by atoms with van der Waals surface area (Å²) in [4.78, 5) is 14.8. The smallest absolute Gasteiger partial charge is 0.243 e. The fraction of sp³-hybridized carbons (Fsp3) is 0.632. The van der Waals surface area contributed by atoms with E-state index in [1.165, 1.54) is 10.7 Å². The zero-order valence-electron chi connectivity index (χ0n) is 16.3. The van der Waals surface area contributed by atoms with E-state index in [2.05, 4.69) is 17.1 Å². The molecule has 0 spiro atoms. The molecule has 1 amide bonds. The first kappa shape index (κ1) is 20.9. The largest absolute Gasteiger partial charge is 0.325 e. The number of carbonyl (C=O) groups is 1. The number of piperidine rings is 1. The van der Waals surface area contributed by atoms with Gasteiger partial charge in [0.1, 0.15) is 0 Å². The van der Waals surface area contributed by atoms with E-state index in [4.69, 9.17) is 0 Å². The molecule has 0 aliphatic carbocycles. The summed E-state index contributed by atoms with van der Waals surface area (Å²) in [5.41, 5.74) is 1.20. The number of hydrogen-bond acceptors (Lipinski definition) is 4. The highest BCUT2D eigenvalue weighted by Crippen LogP contribution is 2.24. The van der Waals surface area contributed by atoms with Gasteiger partial charge in [0.25, 0.3) is 0 Å². The number of sulfonamides is 1. The second-order valence-corrected chi connectivity index (χ2v) is 8.84. The van der Waals surface area contributed by atoms with Crippen molar-refractivity contribution in [3.05, 3.63) is 23.8 Å². The van der Waals surface area contributed by atoms with Gasteiger partial charge in [0.05, 0.1) is 11.4 Å². The monoisotopic (exact) mass is 381 g/mol.